The minimum atomic E-state index is 0.190. The molecule has 2 rings (SSSR count). The number of nitrogens with zero attached hydrogens (tertiary/aromatic N) is 2. The Morgan fingerprint density at radius 1 is 1.39 bits per heavy atom. The lowest BCUT2D eigenvalue weighted by Crippen LogP contribution is -2.44. The summed E-state index contributed by atoms with van der Waals surface area (Å²) in [4.78, 5) is 6.68. The van der Waals surface area contributed by atoms with Crippen molar-refractivity contribution in [1.82, 2.24) is 10.2 Å². The summed E-state index contributed by atoms with van der Waals surface area (Å²) in [5.41, 5.74) is 5.93. The predicted molar refractivity (Wildman–Crippen MR) is 73.7 cm³/mol. The van der Waals surface area contributed by atoms with Crippen molar-refractivity contribution in [3.05, 3.63) is 0 Å². The van der Waals surface area contributed by atoms with Crippen LogP contribution in [0.3, 0.4) is 0 Å². The Bertz CT molecular complexity index is 276. The van der Waals surface area contributed by atoms with Crippen molar-refractivity contribution in [3.63, 3.8) is 0 Å². The number of aliphatic imine (C=N–C) groups is 1. The Balaban J connectivity index is 1.70. The van der Waals surface area contributed by atoms with E-state index >= 15 is 0 Å². The molecule has 1 aliphatic carbocycles. The van der Waals surface area contributed by atoms with Gasteiger partial charge in [0.05, 0.1) is 19.3 Å². The van der Waals surface area contributed by atoms with Crippen LogP contribution in [0, 0.1) is 0 Å². The van der Waals surface area contributed by atoms with E-state index in [1.54, 1.807) is 0 Å². The Kier molecular flexibility index (Phi) is 5.26. The third-order valence-corrected chi connectivity index (χ3v) is 3.76. The number of likely N-dealkylation sites (N-methyl/N-ethyl adjacent to an activating group) is 1. The average Bonchev–Trinajstić information content (AvgIpc) is 2.38. The van der Waals surface area contributed by atoms with E-state index in [0.29, 0.717) is 18.5 Å². The molecule has 1 aliphatic heterocycles. The molecule has 0 spiro atoms. The molecule has 104 valence electrons. The van der Waals surface area contributed by atoms with Crippen LogP contribution in [-0.4, -0.2) is 56.3 Å². The summed E-state index contributed by atoms with van der Waals surface area (Å²) in [6.45, 7) is 3.42. The van der Waals surface area contributed by atoms with Crippen LogP contribution in [-0.2, 0) is 4.74 Å². The van der Waals surface area contributed by atoms with Gasteiger partial charge >= 0.3 is 0 Å². The lowest BCUT2D eigenvalue weighted by Gasteiger charge is -2.29. The maximum absolute atomic E-state index is 5.93. The fraction of sp³-hybridized carbons (Fsp3) is 0.923. The molecule has 0 aromatic rings. The van der Waals surface area contributed by atoms with Crippen LogP contribution in [0.4, 0.5) is 0 Å². The molecule has 0 radical (unpaired) electrons. The summed E-state index contributed by atoms with van der Waals surface area (Å²) in [6.07, 6.45) is 6.61. The maximum Gasteiger partial charge on any atom is 0.188 e. The zero-order valence-corrected chi connectivity index (χ0v) is 11.4. The molecule has 0 bridgehead atoms. The normalized spacial score (nSPS) is 28.3. The quantitative estimate of drug-likeness (QED) is 0.570. The molecule has 1 saturated heterocycles. The second-order valence-corrected chi connectivity index (χ2v) is 5.46. The Morgan fingerprint density at radius 2 is 2.17 bits per heavy atom. The van der Waals surface area contributed by atoms with Crippen molar-refractivity contribution in [2.24, 2.45) is 10.7 Å². The minimum Gasteiger partial charge on any atom is -0.374 e. The summed E-state index contributed by atoms with van der Waals surface area (Å²) in [5, 5.41) is 3.33. The largest absolute Gasteiger partial charge is 0.374 e. The molecule has 5 nitrogen and oxygen atoms in total. The molecule has 0 aromatic heterocycles. The number of nitrogens with one attached hydrogen (secondary N) is 1. The van der Waals surface area contributed by atoms with E-state index in [2.05, 4.69) is 22.3 Å². The zero-order chi connectivity index (χ0) is 12.8. The molecular formula is C13H26N4O. The van der Waals surface area contributed by atoms with Gasteiger partial charge in [-0.1, -0.05) is 19.3 Å². The number of nitrogens with two attached hydrogens (primary N) is 1. The van der Waals surface area contributed by atoms with Crippen molar-refractivity contribution < 1.29 is 4.74 Å². The highest BCUT2D eigenvalue weighted by molar-refractivity contribution is 5.78. The van der Waals surface area contributed by atoms with Gasteiger partial charge in [-0.3, -0.25) is 4.99 Å². The standard InChI is InChI=1S/C13H26N4O/c1-17-7-8-18-12(10-17)9-15-13(14)16-11-5-3-2-4-6-11/h11-12H,2-10H2,1H3,(H3,14,15,16). The summed E-state index contributed by atoms with van der Waals surface area (Å²) >= 11 is 0. The van der Waals surface area contributed by atoms with Crippen LogP contribution in [0.2, 0.25) is 0 Å². The number of hydrogen-bond acceptors (Lipinski definition) is 3. The van der Waals surface area contributed by atoms with Crippen LogP contribution < -0.4 is 11.1 Å². The number of morpholine rings is 1. The molecule has 0 amide bonds. The zero-order valence-electron chi connectivity index (χ0n) is 11.4. The van der Waals surface area contributed by atoms with Crippen molar-refractivity contribution >= 4 is 5.96 Å². The first-order valence-electron chi connectivity index (χ1n) is 7.10. The molecule has 1 atom stereocenters. The number of ether oxygens (including phenoxy) is 1. The summed E-state index contributed by atoms with van der Waals surface area (Å²) in [5.74, 6) is 0.582. The average molecular weight is 254 g/mol. The van der Waals surface area contributed by atoms with Crippen molar-refractivity contribution in [3.8, 4) is 0 Å². The molecule has 2 fully saturated rings. The highest BCUT2D eigenvalue weighted by atomic mass is 16.5. The monoisotopic (exact) mass is 254 g/mol. The smallest absolute Gasteiger partial charge is 0.188 e. The van der Waals surface area contributed by atoms with Gasteiger partial charge in [0.1, 0.15) is 0 Å². The second kappa shape index (κ2) is 6.95. The second-order valence-electron chi connectivity index (χ2n) is 5.46. The third-order valence-electron chi connectivity index (χ3n) is 3.76. The maximum atomic E-state index is 5.93. The van der Waals surface area contributed by atoms with E-state index in [1.807, 2.05) is 0 Å². The Labute approximate surface area is 110 Å². The molecule has 2 aliphatic rings. The van der Waals surface area contributed by atoms with Gasteiger partial charge in [-0.05, 0) is 19.9 Å². The SMILES string of the molecule is CN1CCOC(CN=C(N)NC2CCCCC2)C1. The Morgan fingerprint density at radius 3 is 2.89 bits per heavy atom. The van der Waals surface area contributed by atoms with Crippen LogP contribution >= 0.6 is 0 Å². The number of rotatable bonds is 3. The van der Waals surface area contributed by atoms with Gasteiger partial charge in [0.15, 0.2) is 5.96 Å². The van der Waals surface area contributed by atoms with Crippen molar-refractivity contribution in [1.29, 1.82) is 0 Å². The Hall–Kier alpha value is -0.810. The minimum absolute atomic E-state index is 0.190. The van der Waals surface area contributed by atoms with Crippen molar-refractivity contribution in [2.75, 3.05) is 33.3 Å². The first-order chi connectivity index (χ1) is 8.74. The van der Waals surface area contributed by atoms with E-state index in [-0.39, 0.29) is 6.10 Å². The van der Waals surface area contributed by atoms with E-state index in [9.17, 15) is 0 Å². The van der Waals surface area contributed by atoms with Crippen LogP contribution in [0.1, 0.15) is 32.1 Å². The van der Waals surface area contributed by atoms with E-state index in [0.717, 1.165) is 19.7 Å². The van der Waals surface area contributed by atoms with Gasteiger partial charge in [0, 0.05) is 19.1 Å². The van der Waals surface area contributed by atoms with Crippen LogP contribution in [0.15, 0.2) is 4.99 Å². The highest BCUT2D eigenvalue weighted by Gasteiger charge is 2.17. The van der Waals surface area contributed by atoms with E-state index < -0.39 is 0 Å². The lowest BCUT2D eigenvalue weighted by atomic mass is 9.96. The van der Waals surface area contributed by atoms with Gasteiger partial charge in [0.2, 0.25) is 0 Å². The molecular weight excluding hydrogens is 228 g/mol. The first kappa shape index (κ1) is 13.6. The molecule has 18 heavy (non-hydrogen) atoms. The van der Waals surface area contributed by atoms with Gasteiger partial charge in [-0.15, -0.1) is 0 Å². The molecule has 1 saturated carbocycles. The number of hydrogen-bond donors (Lipinski definition) is 2. The summed E-state index contributed by atoms with van der Waals surface area (Å²) in [7, 11) is 2.11. The van der Waals surface area contributed by atoms with E-state index in [1.165, 1.54) is 32.1 Å². The summed E-state index contributed by atoms with van der Waals surface area (Å²) in [6, 6.07) is 0.525. The number of guanidine groups is 1. The van der Waals surface area contributed by atoms with E-state index in [4.69, 9.17) is 10.5 Å². The van der Waals surface area contributed by atoms with Crippen molar-refractivity contribution in [2.45, 2.75) is 44.2 Å². The highest BCUT2D eigenvalue weighted by Crippen LogP contribution is 2.17. The lowest BCUT2D eigenvalue weighted by molar-refractivity contribution is -0.0136. The predicted octanol–water partition coefficient (Wildman–Crippen LogP) is 0.554. The molecule has 5 heteroatoms. The fourth-order valence-corrected chi connectivity index (χ4v) is 2.68. The van der Waals surface area contributed by atoms with Gasteiger partial charge in [0.25, 0.3) is 0 Å². The molecule has 3 N–H and O–H groups in total. The van der Waals surface area contributed by atoms with Gasteiger partial charge in [-0.2, -0.15) is 0 Å². The first-order valence-corrected chi connectivity index (χ1v) is 7.10. The van der Waals surface area contributed by atoms with Gasteiger partial charge < -0.3 is 20.7 Å². The molecule has 1 heterocycles. The molecule has 0 aromatic carbocycles. The summed E-state index contributed by atoms with van der Waals surface area (Å²) < 4.78 is 5.66. The third kappa shape index (κ3) is 4.46. The topological polar surface area (TPSA) is 62.9 Å². The molecule has 1 unspecified atom stereocenters. The van der Waals surface area contributed by atoms with Gasteiger partial charge in [-0.25, -0.2) is 0 Å². The fourth-order valence-electron chi connectivity index (χ4n) is 2.68. The van der Waals surface area contributed by atoms with Crippen LogP contribution in [0.5, 0.6) is 0 Å². The van der Waals surface area contributed by atoms with Crippen LogP contribution in [0.25, 0.3) is 0 Å².